The molecule has 0 atom stereocenters. The molecule has 1 saturated heterocycles. The Labute approximate surface area is 113 Å². The molecule has 0 unspecified atom stereocenters. The summed E-state index contributed by atoms with van der Waals surface area (Å²) < 4.78 is 6.22. The third-order valence-corrected chi connectivity index (χ3v) is 3.23. The minimum atomic E-state index is -0.180. The predicted molar refractivity (Wildman–Crippen MR) is 69.2 cm³/mol. The highest BCUT2D eigenvalue weighted by Crippen LogP contribution is 2.23. The molecule has 18 heavy (non-hydrogen) atoms. The van der Waals surface area contributed by atoms with E-state index in [0.717, 1.165) is 4.47 Å². The highest BCUT2D eigenvalue weighted by Gasteiger charge is 2.21. The summed E-state index contributed by atoms with van der Waals surface area (Å²) in [6, 6.07) is 7.32. The average Bonchev–Trinajstić information content (AvgIpc) is 2.37. The smallest absolute Gasteiger partial charge is 0.261 e. The van der Waals surface area contributed by atoms with E-state index >= 15 is 0 Å². The molecule has 1 aromatic rings. The van der Waals surface area contributed by atoms with Crippen molar-refractivity contribution >= 4 is 27.7 Å². The van der Waals surface area contributed by atoms with Crippen molar-refractivity contribution < 1.29 is 14.3 Å². The molecule has 1 aliphatic heterocycles. The molecule has 2 rings (SSSR count). The number of benzene rings is 1. The zero-order chi connectivity index (χ0) is 13.0. The standard InChI is InChI=1S/C12H13BrN2O3/c13-9-3-1-2-4-10(9)18-8-12(17)15-6-5-14-11(16)7-15/h1-4H,5-8H2,(H,14,16). The fraction of sp³-hybridized carbons (Fsp3) is 0.333. The average molecular weight is 313 g/mol. The maximum absolute atomic E-state index is 11.8. The molecule has 1 N–H and O–H groups in total. The van der Waals surface area contributed by atoms with Crippen molar-refractivity contribution in [1.82, 2.24) is 10.2 Å². The van der Waals surface area contributed by atoms with Crippen molar-refractivity contribution in [2.24, 2.45) is 0 Å². The summed E-state index contributed by atoms with van der Waals surface area (Å²) in [5.74, 6) is 0.309. The summed E-state index contributed by atoms with van der Waals surface area (Å²) in [6.45, 7) is 1.08. The normalized spacial score (nSPS) is 15.2. The minimum absolute atomic E-state index is 0.0596. The number of halogens is 1. The molecule has 96 valence electrons. The first-order valence-electron chi connectivity index (χ1n) is 5.58. The van der Waals surface area contributed by atoms with Crippen LogP contribution in [0.15, 0.2) is 28.7 Å². The Morgan fingerprint density at radius 2 is 2.22 bits per heavy atom. The summed E-state index contributed by atoms with van der Waals surface area (Å²) in [6.07, 6.45) is 0. The zero-order valence-electron chi connectivity index (χ0n) is 9.69. The van der Waals surface area contributed by atoms with Crippen LogP contribution in [0.4, 0.5) is 0 Å². The second kappa shape index (κ2) is 5.86. The molecule has 0 radical (unpaired) electrons. The third kappa shape index (κ3) is 3.22. The van der Waals surface area contributed by atoms with E-state index in [1.54, 1.807) is 6.07 Å². The van der Waals surface area contributed by atoms with Gasteiger partial charge in [-0.05, 0) is 28.1 Å². The number of piperazine rings is 1. The van der Waals surface area contributed by atoms with E-state index in [-0.39, 0.29) is 25.0 Å². The summed E-state index contributed by atoms with van der Waals surface area (Å²) in [5.41, 5.74) is 0. The van der Waals surface area contributed by atoms with Gasteiger partial charge in [-0.3, -0.25) is 9.59 Å². The lowest BCUT2D eigenvalue weighted by molar-refractivity contribution is -0.139. The Kier molecular flexibility index (Phi) is 4.19. The second-order valence-corrected chi connectivity index (χ2v) is 4.74. The molecule has 6 heteroatoms. The number of amides is 2. The molecule has 1 fully saturated rings. The number of hydrogen-bond acceptors (Lipinski definition) is 3. The van der Waals surface area contributed by atoms with Crippen LogP contribution in [-0.4, -0.2) is 43.0 Å². The van der Waals surface area contributed by atoms with Gasteiger partial charge in [-0.1, -0.05) is 12.1 Å². The molecule has 1 aromatic carbocycles. The lowest BCUT2D eigenvalue weighted by Crippen LogP contribution is -2.51. The Morgan fingerprint density at radius 1 is 1.44 bits per heavy atom. The summed E-state index contributed by atoms with van der Waals surface area (Å²) in [5, 5.41) is 2.67. The Balaban J connectivity index is 1.88. The van der Waals surface area contributed by atoms with Crippen LogP contribution in [0.1, 0.15) is 0 Å². The SMILES string of the molecule is O=C1CN(C(=O)COc2ccccc2Br)CCN1. The van der Waals surface area contributed by atoms with Gasteiger partial charge in [-0.25, -0.2) is 0 Å². The fourth-order valence-electron chi connectivity index (χ4n) is 1.64. The van der Waals surface area contributed by atoms with E-state index in [1.807, 2.05) is 18.2 Å². The summed E-state index contributed by atoms with van der Waals surface area (Å²) in [7, 11) is 0. The van der Waals surface area contributed by atoms with Crippen molar-refractivity contribution in [3.8, 4) is 5.75 Å². The van der Waals surface area contributed by atoms with Gasteiger partial charge in [-0.15, -0.1) is 0 Å². The Bertz CT molecular complexity index is 464. The third-order valence-electron chi connectivity index (χ3n) is 2.58. The minimum Gasteiger partial charge on any atom is -0.483 e. The number of nitrogens with one attached hydrogen (secondary N) is 1. The van der Waals surface area contributed by atoms with Gasteiger partial charge in [0.1, 0.15) is 5.75 Å². The van der Waals surface area contributed by atoms with Crippen molar-refractivity contribution in [3.05, 3.63) is 28.7 Å². The largest absolute Gasteiger partial charge is 0.483 e. The van der Waals surface area contributed by atoms with Gasteiger partial charge in [0.05, 0.1) is 11.0 Å². The van der Waals surface area contributed by atoms with Gasteiger partial charge >= 0.3 is 0 Å². The molecule has 0 bridgehead atoms. The van der Waals surface area contributed by atoms with Crippen LogP contribution in [0, 0.1) is 0 Å². The first-order valence-corrected chi connectivity index (χ1v) is 6.38. The maximum Gasteiger partial charge on any atom is 0.261 e. The lowest BCUT2D eigenvalue weighted by atomic mass is 10.3. The van der Waals surface area contributed by atoms with Gasteiger partial charge in [-0.2, -0.15) is 0 Å². The summed E-state index contributed by atoms with van der Waals surface area (Å²) in [4.78, 5) is 24.5. The predicted octanol–water partition coefficient (Wildman–Crippen LogP) is 0.786. The van der Waals surface area contributed by atoms with Crippen LogP contribution in [0.25, 0.3) is 0 Å². The van der Waals surface area contributed by atoms with Crippen LogP contribution >= 0.6 is 15.9 Å². The van der Waals surface area contributed by atoms with E-state index in [9.17, 15) is 9.59 Å². The van der Waals surface area contributed by atoms with E-state index in [1.165, 1.54) is 4.90 Å². The summed E-state index contributed by atoms with van der Waals surface area (Å²) >= 11 is 3.34. The van der Waals surface area contributed by atoms with Gasteiger partial charge in [0.2, 0.25) is 5.91 Å². The van der Waals surface area contributed by atoms with Crippen molar-refractivity contribution in [2.75, 3.05) is 26.2 Å². The zero-order valence-corrected chi connectivity index (χ0v) is 11.3. The first kappa shape index (κ1) is 12.9. The number of ether oxygens (including phenoxy) is 1. The molecule has 0 aliphatic carbocycles. The molecule has 2 amide bonds. The lowest BCUT2D eigenvalue weighted by Gasteiger charge is -2.26. The molecule has 1 heterocycles. The maximum atomic E-state index is 11.8. The molecular formula is C12H13BrN2O3. The van der Waals surface area contributed by atoms with Crippen molar-refractivity contribution in [1.29, 1.82) is 0 Å². The highest BCUT2D eigenvalue weighted by atomic mass is 79.9. The molecule has 0 spiro atoms. The van der Waals surface area contributed by atoms with Crippen molar-refractivity contribution in [3.63, 3.8) is 0 Å². The van der Waals surface area contributed by atoms with Crippen LogP contribution in [0.5, 0.6) is 5.75 Å². The molecule has 0 aromatic heterocycles. The van der Waals surface area contributed by atoms with Crippen LogP contribution < -0.4 is 10.1 Å². The van der Waals surface area contributed by atoms with Crippen molar-refractivity contribution in [2.45, 2.75) is 0 Å². The number of carbonyl (C=O) groups excluding carboxylic acids is 2. The molecule has 5 nitrogen and oxygen atoms in total. The van der Waals surface area contributed by atoms with Gasteiger partial charge in [0.25, 0.3) is 5.91 Å². The molecule has 0 saturated carbocycles. The molecular weight excluding hydrogens is 300 g/mol. The fourth-order valence-corrected chi connectivity index (χ4v) is 2.04. The van der Waals surface area contributed by atoms with Gasteiger partial charge in [0, 0.05) is 13.1 Å². The number of hydrogen-bond donors (Lipinski definition) is 1. The topological polar surface area (TPSA) is 58.6 Å². The number of para-hydroxylation sites is 1. The van der Waals surface area contributed by atoms with Crippen LogP contribution in [0.2, 0.25) is 0 Å². The monoisotopic (exact) mass is 312 g/mol. The Morgan fingerprint density at radius 3 is 2.94 bits per heavy atom. The quantitative estimate of drug-likeness (QED) is 0.897. The van der Waals surface area contributed by atoms with E-state index < -0.39 is 0 Å². The van der Waals surface area contributed by atoms with E-state index in [4.69, 9.17) is 4.74 Å². The second-order valence-electron chi connectivity index (χ2n) is 3.88. The van der Waals surface area contributed by atoms with E-state index in [2.05, 4.69) is 21.2 Å². The van der Waals surface area contributed by atoms with Crippen LogP contribution in [-0.2, 0) is 9.59 Å². The highest BCUT2D eigenvalue weighted by molar-refractivity contribution is 9.10. The number of rotatable bonds is 3. The number of nitrogens with zero attached hydrogens (tertiary/aromatic N) is 1. The van der Waals surface area contributed by atoms with Gasteiger partial charge in [0.15, 0.2) is 6.61 Å². The Hall–Kier alpha value is -1.56. The number of carbonyl (C=O) groups is 2. The molecule has 1 aliphatic rings. The van der Waals surface area contributed by atoms with Gasteiger partial charge < -0.3 is 15.0 Å². The van der Waals surface area contributed by atoms with E-state index in [0.29, 0.717) is 18.8 Å². The first-order chi connectivity index (χ1) is 8.66. The van der Waals surface area contributed by atoms with Crippen LogP contribution in [0.3, 0.4) is 0 Å².